The van der Waals surface area contributed by atoms with E-state index in [0.717, 1.165) is 25.6 Å². The van der Waals surface area contributed by atoms with Crippen molar-refractivity contribution in [2.75, 3.05) is 59.9 Å². The predicted octanol–water partition coefficient (Wildman–Crippen LogP) is 2.09. The first kappa shape index (κ1) is 22.8. The lowest BCUT2D eigenvalue weighted by Crippen LogP contribution is -2.57. The van der Waals surface area contributed by atoms with E-state index in [-0.39, 0.29) is 24.0 Å². The summed E-state index contributed by atoms with van der Waals surface area (Å²) in [7, 11) is 3.88. The molecule has 0 aromatic rings. The van der Waals surface area contributed by atoms with E-state index >= 15 is 0 Å². The lowest BCUT2D eigenvalue weighted by molar-refractivity contribution is -0.181. The van der Waals surface area contributed by atoms with Crippen LogP contribution in [0.5, 0.6) is 0 Å². The molecule has 2 rings (SSSR count). The molecule has 0 aliphatic carbocycles. The lowest BCUT2D eigenvalue weighted by Gasteiger charge is -2.40. The molecule has 148 valence electrons. The molecule has 2 heterocycles. The first-order chi connectivity index (χ1) is 11.3. The number of nitrogens with one attached hydrogen (secondary N) is 1. The van der Waals surface area contributed by atoms with Crippen molar-refractivity contribution >= 4 is 29.9 Å². The Bertz CT molecular complexity index is 424. The minimum atomic E-state index is -4.16. The van der Waals surface area contributed by atoms with Gasteiger partial charge in [-0.25, -0.2) is 0 Å². The fourth-order valence-electron chi connectivity index (χ4n) is 3.54. The maximum atomic E-state index is 12.8. The van der Waals surface area contributed by atoms with Gasteiger partial charge in [-0.1, -0.05) is 0 Å². The van der Waals surface area contributed by atoms with Gasteiger partial charge in [0.1, 0.15) is 6.04 Å². The second kappa shape index (κ2) is 10.1. The van der Waals surface area contributed by atoms with E-state index in [1.54, 1.807) is 7.05 Å². The van der Waals surface area contributed by atoms with Gasteiger partial charge in [-0.15, -0.1) is 24.0 Å². The normalized spacial score (nSPS) is 25.4. The molecule has 2 saturated heterocycles. The smallest absolute Gasteiger partial charge is 0.356 e. The number of aliphatic imine (C=N–C) groups is 1. The number of piperazine rings is 1. The third-order valence-electron chi connectivity index (χ3n) is 5.12. The van der Waals surface area contributed by atoms with Crippen LogP contribution in [0.4, 0.5) is 13.2 Å². The molecule has 2 aliphatic heterocycles. The molecule has 2 fully saturated rings. The minimum absolute atomic E-state index is 0. The molecule has 2 atom stereocenters. The second-order valence-corrected chi connectivity index (χ2v) is 6.94. The number of likely N-dealkylation sites (tertiary alicyclic amines) is 1. The molecule has 0 bridgehead atoms. The molecule has 0 radical (unpaired) electrons. The van der Waals surface area contributed by atoms with Crippen LogP contribution < -0.4 is 5.32 Å². The molecule has 2 unspecified atom stereocenters. The molecule has 2 aliphatic rings. The van der Waals surface area contributed by atoms with Crippen LogP contribution in [-0.2, 0) is 0 Å². The standard InChI is InChI=1S/C16H30F3N5.HI/c1-13(16(17,18)19)23-7-9-24(10-8-23)15(20-2)21-11-14-5-4-6-22(3)12-14;/h13-14H,4-12H2,1-3H3,(H,20,21);1H. The summed E-state index contributed by atoms with van der Waals surface area (Å²) in [5, 5.41) is 3.41. The van der Waals surface area contributed by atoms with Crippen LogP contribution in [0.3, 0.4) is 0 Å². The van der Waals surface area contributed by atoms with E-state index < -0.39 is 12.2 Å². The van der Waals surface area contributed by atoms with Crippen molar-refractivity contribution in [2.24, 2.45) is 10.9 Å². The summed E-state index contributed by atoms with van der Waals surface area (Å²) in [6.07, 6.45) is -1.73. The highest BCUT2D eigenvalue weighted by Gasteiger charge is 2.41. The summed E-state index contributed by atoms with van der Waals surface area (Å²) in [5.74, 6) is 1.41. The van der Waals surface area contributed by atoms with Crippen molar-refractivity contribution in [3.8, 4) is 0 Å². The number of nitrogens with zero attached hydrogens (tertiary/aromatic N) is 4. The van der Waals surface area contributed by atoms with Gasteiger partial charge in [0.25, 0.3) is 0 Å². The van der Waals surface area contributed by atoms with Crippen molar-refractivity contribution in [2.45, 2.75) is 32.0 Å². The van der Waals surface area contributed by atoms with Crippen LogP contribution in [0.1, 0.15) is 19.8 Å². The Hall–Kier alpha value is -0.290. The highest BCUT2D eigenvalue weighted by atomic mass is 127. The van der Waals surface area contributed by atoms with E-state index in [1.165, 1.54) is 24.7 Å². The Kier molecular flexibility index (Phi) is 9.24. The fourth-order valence-corrected chi connectivity index (χ4v) is 3.54. The summed E-state index contributed by atoms with van der Waals surface area (Å²) in [5.41, 5.74) is 0. The third kappa shape index (κ3) is 6.74. The third-order valence-corrected chi connectivity index (χ3v) is 5.12. The SMILES string of the molecule is CN=C(NCC1CCCN(C)C1)N1CCN(C(C)C(F)(F)F)CC1.I. The van der Waals surface area contributed by atoms with Gasteiger partial charge in [0.05, 0.1) is 0 Å². The summed E-state index contributed by atoms with van der Waals surface area (Å²) >= 11 is 0. The first-order valence-corrected chi connectivity index (χ1v) is 8.76. The quantitative estimate of drug-likeness (QED) is 0.384. The van der Waals surface area contributed by atoms with Gasteiger partial charge in [-0.2, -0.15) is 13.2 Å². The van der Waals surface area contributed by atoms with E-state index in [1.807, 2.05) is 0 Å². The van der Waals surface area contributed by atoms with E-state index in [2.05, 4.69) is 27.2 Å². The zero-order valence-electron chi connectivity index (χ0n) is 15.3. The number of halogens is 4. The van der Waals surface area contributed by atoms with E-state index in [4.69, 9.17) is 0 Å². The van der Waals surface area contributed by atoms with Crippen LogP contribution in [0.25, 0.3) is 0 Å². The lowest BCUT2D eigenvalue weighted by atomic mass is 9.98. The maximum Gasteiger partial charge on any atom is 0.403 e. The van der Waals surface area contributed by atoms with Gasteiger partial charge in [0, 0.05) is 46.3 Å². The maximum absolute atomic E-state index is 12.8. The molecular formula is C16H31F3IN5. The molecule has 0 amide bonds. The topological polar surface area (TPSA) is 34.1 Å². The summed E-state index contributed by atoms with van der Waals surface area (Å²) in [6, 6.07) is -1.38. The molecule has 0 saturated carbocycles. The largest absolute Gasteiger partial charge is 0.403 e. The molecule has 0 spiro atoms. The molecule has 0 aromatic heterocycles. The van der Waals surface area contributed by atoms with Gasteiger partial charge < -0.3 is 15.1 Å². The Morgan fingerprint density at radius 2 is 1.84 bits per heavy atom. The fraction of sp³-hybridized carbons (Fsp3) is 0.938. The number of hydrogen-bond donors (Lipinski definition) is 1. The Morgan fingerprint density at radius 3 is 2.36 bits per heavy atom. The van der Waals surface area contributed by atoms with Crippen molar-refractivity contribution in [1.29, 1.82) is 0 Å². The van der Waals surface area contributed by atoms with Crippen molar-refractivity contribution in [3.05, 3.63) is 0 Å². The van der Waals surface area contributed by atoms with Gasteiger partial charge in [-0.05, 0) is 39.3 Å². The minimum Gasteiger partial charge on any atom is -0.356 e. The summed E-state index contributed by atoms with van der Waals surface area (Å²) in [6.45, 7) is 6.32. The number of hydrogen-bond acceptors (Lipinski definition) is 3. The zero-order valence-corrected chi connectivity index (χ0v) is 17.7. The molecular weight excluding hydrogens is 446 g/mol. The number of guanidine groups is 1. The predicted molar refractivity (Wildman–Crippen MR) is 106 cm³/mol. The number of piperidine rings is 1. The van der Waals surface area contributed by atoms with E-state index in [0.29, 0.717) is 32.1 Å². The summed E-state index contributed by atoms with van der Waals surface area (Å²) < 4.78 is 38.5. The Labute approximate surface area is 166 Å². The average molecular weight is 477 g/mol. The molecule has 5 nitrogen and oxygen atoms in total. The van der Waals surface area contributed by atoms with Crippen molar-refractivity contribution in [1.82, 2.24) is 20.0 Å². The molecule has 1 N–H and O–H groups in total. The molecule has 25 heavy (non-hydrogen) atoms. The highest BCUT2D eigenvalue weighted by molar-refractivity contribution is 14.0. The summed E-state index contributed by atoms with van der Waals surface area (Å²) in [4.78, 5) is 10.2. The Morgan fingerprint density at radius 1 is 1.20 bits per heavy atom. The average Bonchev–Trinajstić information content (AvgIpc) is 2.54. The van der Waals surface area contributed by atoms with Crippen molar-refractivity contribution < 1.29 is 13.2 Å². The van der Waals surface area contributed by atoms with Crippen LogP contribution >= 0.6 is 24.0 Å². The van der Waals surface area contributed by atoms with Crippen LogP contribution in [0.15, 0.2) is 4.99 Å². The van der Waals surface area contributed by atoms with Gasteiger partial charge >= 0.3 is 6.18 Å². The van der Waals surface area contributed by atoms with Crippen LogP contribution in [-0.4, -0.2) is 92.8 Å². The van der Waals surface area contributed by atoms with Crippen LogP contribution in [0, 0.1) is 5.92 Å². The van der Waals surface area contributed by atoms with E-state index in [9.17, 15) is 13.2 Å². The second-order valence-electron chi connectivity index (χ2n) is 6.94. The molecule has 0 aromatic carbocycles. The Balaban J connectivity index is 0.00000312. The first-order valence-electron chi connectivity index (χ1n) is 8.76. The van der Waals surface area contributed by atoms with Crippen LogP contribution in [0.2, 0.25) is 0 Å². The monoisotopic (exact) mass is 477 g/mol. The van der Waals surface area contributed by atoms with Gasteiger partial charge in [0.2, 0.25) is 0 Å². The number of rotatable bonds is 3. The number of alkyl halides is 3. The van der Waals surface area contributed by atoms with Gasteiger partial charge in [0.15, 0.2) is 5.96 Å². The highest BCUT2D eigenvalue weighted by Crippen LogP contribution is 2.25. The van der Waals surface area contributed by atoms with Gasteiger partial charge in [-0.3, -0.25) is 9.89 Å². The molecule has 9 heteroatoms. The van der Waals surface area contributed by atoms with Crippen molar-refractivity contribution in [3.63, 3.8) is 0 Å². The zero-order chi connectivity index (χ0) is 17.7.